The maximum Gasteiger partial charge on any atom is 0.185 e. The van der Waals surface area contributed by atoms with Crippen molar-refractivity contribution in [3.63, 3.8) is 0 Å². The van der Waals surface area contributed by atoms with Gasteiger partial charge in [-0.25, -0.2) is 0 Å². The number of ketones is 1. The van der Waals surface area contributed by atoms with Crippen molar-refractivity contribution in [1.29, 1.82) is 0 Å². The topological polar surface area (TPSA) is 30.0 Å². The minimum absolute atomic E-state index is 0.0173. The molecule has 17 heavy (non-hydrogen) atoms. The van der Waals surface area contributed by atoms with E-state index in [-0.39, 0.29) is 12.2 Å². The van der Waals surface area contributed by atoms with Crippen LogP contribution >= 0.6 is 11.6 Å². The van der Waals surface area contributed by atoms with E-state index in [0.717, 1.165) is 11.1 Å². The van der Waals surface area contributed by atoms with Crippen molar-refractivity contribution in [3.8, 4) is 0 Å². The van der Waals surface area contributed by atoms with Gasteiger partial charge in [0.2, 0.25) is 0 Å². The van der Waals surface area contributed by atoms with Gasteiger partial charge in [0.15, 0.2) is 5.78 Å². The minimum Gasteiger partial charge on any atom is -0.292 e. The summed E-state index contributed by atoms with van der Waals surface area (Å²) in [7, 11) is 0. The Morgan fingerprint density at radius 2 is 2.12 bits per heavy atom. The molecule has 1 aromatic carbocycles. The van der Waals surface area contributed by atoms with E-state index < -0.39 is 0 Å². The van der Waals surface area contributed by atoms with E-state index in [0.29, 0.717) is 10.7 Å². The van der Waals surface area contributed by atoms with Crippen molar-refractivity contribution in [2.24, 2.45) is 0 Å². The number of benzene rings is 1. The highest BCUT2D eigenvalue weighted by Crippen LogP contribution is 2.19. The van der Waals surface area contributed by atoms with Crippen LogP contribution < -0.4 is 0 Å². The zero-order valence-electron chi connectivity index (χ0n) is 9.48. The lowest BCUT2D eigenvalue weighted by atomic mass is 10.1. The third-order valence-corrected chi connectivity index (χ3v) is 2.86. The first-order valence-corrected chi connectivity index (χ1v) is 5.74. The maximum atomic E-state index is 11.9. The Morgan fingerprint density at radius 1 is 1.29 bits per heavy atom. The number of pyridine rings is 1. The summed E-state index contributed by atoms with van der Waals surface area (Å²) in [6.45, 7) is 1.97. The van der Waals surface area contributed by atoms with E-state index in [2.05, 4.69) is 4.98 Å². The normalized spacial score (nSPS) is 10.2. The number of hydrogen-bond donors (Lipinski definition) is 0. The van der Waals surface area contributed by atoms with Crippen LogP contribution in [0.4, 0.5) is 0 Å². The van der Waals surface area contributed by atoms with E-state index in [1.807, 2.05) is 25.1 Å². The van der Waals surface area contributed by atoms with Gasteiger partial charge in [0.05, 0.1) is 0 Å². The van der Waals surface area contributed by atoms with Crippen LogP contribution in [-0.4, -0.2) is 10.8 Å². The monoisotopic (exact) mass is 245 g/mol. The van der Waals surface area contributed by atoms with Crippen LogP contribution in [-0.2, 0) is 6.42 Å². The van der Waals surface area contributed by atoms with Crippen LogP contribution in [0, 0.1) is 6.92 Å². The van der Waals surface area contributed by atoms with E-state index in [1.54, 1.807) is 24.4 Å². The Balaban J connectivity index is 2.19. The summed E-state index contributed by atoms with van der Waals surface area (Å²) in [6, 6.07) is 11.0. The summed E-state index contributed by atoms with van der Waals surface area (Å²) in [4.78, 5) is 16.0. The lowest BCUT2D eigenvalue weighted by Crippen LogP contribution is -2.05. The number of carbonyl (C=O) groups is 1. The molecule has 0 aliphatic rings. The van der Waals surface area contributed by atoms with Gasteiger partial charge in [-0.05, 0) is 36.2 Å². The van der Waals surface area contributed by atoms with Crippen molar-refractivity contribution < 1.29 is 4.79 Å². The highest BCUT2D eigenvalue weighted by molar-refractivity contribution is 6.31. The first-order valence-electron chi connectivity index (χ1n) is 5.36. The fourth-order valence-corrected chi connectivity index (χ4v) is 1.89. The summed E-state index contributed by atoms with van der Waals surface area (Å²) in [5.74, 6) is -0.0173. The molecule has 2 rings (SSSR count). The molecule has 0 aliphatic carbocycles. The molecule has 0 saturated heterocycles. The second kappa shape index (κ2) is 5.11. The number of hydrogen-bond acceptors (Lipinski definition) is 2. The summed E-state index contributed by atoms with van der Waals surface area (Å²) >= 11 is 6.09. The molecule has 0 aliphatic heterocycles. The van der Waals surface area contributed by atoms with E-state index in [9.17, 15) is 4.79 Å². The Bertz CT molecular complexity index is 537. The summed E-state index contributed by atoms with van der Waals surface area (Å²) in [5.41, 5.74) is 2.40. The van der Waals surface area contributed by atoms with Crippen LogP contribution in [0.1, 0.15) is 21.6 Å². The molecule has 0 N–H and O–H groups in total. The number of aryl methyl sites for hydroxylation is 1. The lowest BCUT2D eigenvalue weighted by Gasteiger charge is -2.04. The predicted octanol–water partition coefficient (Wildman–Crippen LogP) is 3.47. The van der Waals surface area contributed by atoms with Crippen LogP contribution in [0.25, 0.3) is 0 Å². The van der Waals surface area contributed by atoms with Gasteiger partial charge in [-0.1, -0.05) is 29.8 Å². The highest BCUT2D eigenvalue weighted by atomic mass is 35.5. The molecule has 0 fully saturated rings. The zero-order valence-corrected chi connectivity index (χ0v) is 10.2. The smallest absolute Gasteiger partial charge is 0.185 e. The Labute approximate surface area is 105 Å². The Morgan fingerprint density at radius 3 is 2.76 bits per heavy atom. The van der Waals surface area contributed by atoms with Crippen molar-refractivity contribution >= 4 is 17.4 Å². The molecule has 86 valence electrons. The number of carbonyl (C=O) groups excluding carboxylic acids is 1. The molecule has 0 bridgehead atoms. The molecule has 0 amide bonds. The fraction of sp³-hybridized carbons (Fsp3) is 0.143. The van der Waals surface area contributed by atoms with E-state index in [1.165, 1.54) is 0 Å². The minimum atomic E-state index is -0.0173. The van der Waals surface area contributed by atoms with Gasteiger partial charge in [-0.15, -0.1) is 0 Å². The summed E-state index contributed by atoms with van der Waals surface area (Å²) in [6.07, 6.45) is 1.90. The second-order valence-corrected chi connectivity index (χ2v) is 4.32. The van der Waals surface area contributed by atoms with Gasteiger partial charge in [-0.2, -0.15) is 0 Å². The van der Waals surface area contributed by atoms with Gasteiger partial charge in [0.25, 0.3) is 0 Å². The number of Topliss-reactive ketones (excluding diaryl/α,β-unsaturated/α-hetero) is 1. The first-order chi connectivity index (χ1) is 8.16. The van der Waals surface area contributed by atoms with Crippen LogP contribution in [0.5, 0.6) is 0 Å². The molecule has 0 saturated carbocycles. The molecule has 0 unspecified atom stereocenters. The number of aromatic nitrogens is 1. The van der Waals surface area contributed by atoms with Crippen LogP contribution in [0.3, 0.4) is 0 Å². The van der Waals surface area contributed by atoms with Crippen LogP contribution in [0.2, 0.25) is 5.02 Å². The molecule has 0 spiro atoms. The molecule has 2 aromatic rings. The van der Waals surface area contributed by atoms with Crippen LogP contribution in [0.15, 0.2) is 42.6 Å². The predicted molar refractivity (Wildman–Crippen MR) is 68.5 cm³/mol. The quantitative estimate of drug-likeness (QED) is 0.775. The van der Waals surface area contributed by atoms with Gasteiger partial charge in [0, 0.05) is 17.6 Å². The Kier molecular flexibility index (Phi) is 3.55. The molecule has 1 heterocycles. The maximum absolute atomic E-state index is 11.9. The van der Waals surface area contributed by atoms with Crippen molar-refractivity contribution in [1.82, 2.24) is 4.98 Å². The van der Waals surface area contributed by atoms with E-state index >= 15 is 0 Å². The lowest BCUT2D eigenvalue weighted by molar-refractivity contribution is 0.0988. The van der Waals surface area contributed by atoms with Crippen molar-refractivity contribution in [3.05, 3.63) is 64.4 Å². The molecule has 3 heteroatoms. The average molecular weight is 246 g/mol. The second-order valence-electron chi connectivity index (χ2n) is 3.91. The van der Waals surface area contributed by atoms with Crippen molar-refractivity contribution in [2.75, 3.05) is 0 Å². The standard InChI is InChI=1S/C14H12ClNO/c1-10-5-6-11(12(15)8-10)9-14(17)13-4-2-3-7-16-13/h2-8H,9H2,1H3. The Hall–Kier alpha value is -1.67. The van der Waals surface area contributed by atoms with Gasteiger partial charge in [0.1, 0.15) is 5.69 Å². The summed E-state index contributed by atoms with van der Waals surface area (Å²) in [5, 5.41) is 0.634. The number of halogens is 1. The largest absolute Gasteiger partial charge is 0.292 e. The first kappa shape index (κ1) is 11.8. The van der Waals surface area contributed by atoms with Crippen molar-refractivity contribution in [2.45, 2.75) is 13.3 Å². The molecule has 1 aromatic heterocycles. The fourth-order valence-electron chi connectivity index (χ4n) is 1.59. The third kappa shape index (κ3) is 2.92. The molecule has 0 radical (unpaired) electrons. The highest BCUT2D eigenvalue weighted by Gasteiger charge is 2.10. The SMILES string of the molecule is Cc1ccc(CC(=O)c2ccccn2)c(Cl)c1. The number of rotatable bonds is 3. The summed E-state index contributed by atoms with van der Waals surface area (Å²) < 4.78 is 0. The molecular formula is C14H12ClNO. The molecule has 2 nitrogen and oxygen atoms in total. The van der Waals surface area contributed by atoms with E-state index in [4.69, 9.17) is 11.6 Å². The molecular weight excluding hydrogens is 234 g/mol. The zero-order chi connectivity index (χ0) is 12.3. The third-order valence-electron chi connectivity index (χ3n) is 2.51. The van der Waals surface area contributed by atoms with Gasteiger partial charge in [-0.3, -0.25) is 9.78 Å². The van der Waals surface area contributed by atoms with Gasteiger partial charge >= 0.3 is 0 Å². The van der Waals surface area contributed by atoms with Gasteiger partial charge < -0.3 is 0 Å². The molecule has 0 atom stereocenters. The average Bonchev–Trinajstić information content (AvgIpc) is 2.34. The number of nitrogens with zero attached hydrogens (tertiary/aromatic N) is 1.